The maximum atomic E-state index is 12.6. The fourth-order valence-electron chi connectivity index (χ4n) is 5.11. The van der Waals surface area contributed by atoms with Crippen LogP contribution in [-0.2, 0) is 0 Å². The maximum Gasteiger partial charge on any atom is 0.415 e. The Balaban J connectivity index is 1.24. The Morgan fingerprint density at radius 3 is 2.36 bits per heavy atom. The molecular formula is C26H35N9O4. The Hall–Kier alpha value is -4.00. The molecule has 0 bridgehead atoms. The number of rotatable bonds is 7. The summed E-state index contributed by atoms with van der Waals surface area (Å²) in [5, 5.41) is 17.9. The van der Waals surface area contributed by atoms with E-state index < -0.39 is 11.0 Å². The number of carbonyl (C=O) groups excluding carboxylic acids is 1. The van der Waals surface area contributed by atoms with E-state index >= 15 is 0 Å². The number of nitrogens with two attached hydrogens (primary N) is 1. The first-order valence-electron chi connectivity index (χ1n) is 13.5. The summed E-state index contributed by atoms with van der Waals surface area (Å²) in [5.74, 6) is 1.54. The van der Waals surface area contributed by atoms with E-state index in [9.17, 15) is 14.9 Å². The van der Waals surface area contributed by atoms with Gasteiger partial charge in [-0.25, -0.2) is 9.78 Å². The van der Waals surface area contributed by atoms with Crippen molar-refractivity contribution >= 4 is 34.7 Å². The van der Waals surface area contributed by atoms with Crippen LogP contribution in [0.5, 0.6) is 5.75 Å². The molecule has 13 heteroatoms. The summed E-state index contributed by atoms with van der Waals surface area (Å²) in [6.07, 6.45) is 6.69. The predicted molar refractivity (Wildman–Crippen MR) is 147 cm³/mol. The van der Waals surface area contributed by atoms with E-state index in [1.807, 2.05) is 4.57 Å². The molecule has 5 rings (SSSR count). The van der Waals surface area contributed by atoms with E-state index in [1.165, 1.54) is 24.3 Å². The Morgan fingerprint density at radius 1 is 1.05 bits per heavy atom. The standard InChI is InChI=1S/C26H35N9O4/c1-16(2)34-15-28-22-23(31-25(32-24(22)34)30-18-5-3-17(27)4-6-18)29-19-11-13-33(14-12-19)26(36)39-21-9-7-20(8-10-21)35(37)38/h7-10,15-19H,3-6,11-14,27H2,1-2H3,(H2,29,30,31,32). The number of fused-ring (bicyclic) bond motifs is 1. The van der Waals surface area contributed by atoms with E-state index in [2.05, 4.69) is 29.5 Å². The van der Waals surface area contributed by atoms with Crippen LogP contribution in [0.2, 0.25) is 0 Å². The van der Waals surface area contributed by atoms with Crippen molar-refractivity contribution in [3.8, 4) is 5.75 Å². The van der Waals surface area contributed by atoms with Crippen molar-refractivity contribution in [2.75, 3.05) is 23.7 Å². The highest BCUT2D eigenvalue weighted by Crippen LogP contribution is 2.28. The average Bonchev–Trinajstić information content (AvgIpc) is 3.35. The lowest BCUT2D eigenvalue weighted by atomic mass is 9.92. The summed E-state index contributed by atoms with van der Waals surface area (Å²) >= 11 is 0. The largest absolute Gasteiger partial charge is 0.415 e. The molecule has 1 aliphatic carbocycles. The van der Waals surface area contributed by atoms with Gasteiger partial charge in [0, 0.05) is 49.4 Å². The van der Waals surface area contributed by atoms with Gasteiger partial charge < -0.3 is 30.6 Å². The van der Waals surface area contributed by atoms with Crippen molar-refractivity contribution in [2.24, 2.45) is 5.73 Å². The van der Waals surface area contributed by atoms with Gasteiger partial charge in [0.05, 0.1) is 11.3 Å². The predicted octanol–water partition coefficient (Wildman–Crippen LogP) is 4.07. The summed E-state index contributed by atoms with van der Waals surface area (Å²) in [7, 11) is 0. The van der Waals surface area contributed by atoms with Gasteiger partial charge in [0.25, 0.3) is 5.69 Å². The molecule has 1 saturated heterocycles. The average molecular weight is 538 g/mol. The molecule has 2 aliphatic rings. The van der Waals surface area contributed by atoms with Crippen LogP contribution in [0.1, 0.15) is 58.4 Å². The van der Waals surface area contributed by atoms with Crippen molar-refractivity contribution in [3.05, 3.63) is 40.7 Å². The molecule has 1 amide bonds. The summed E-state index contributed by atoms with van der Waals surface area (Å²) in [5.41, 5.74) is 7.53. The van der Waals surface area contributed by atoms with Crippen molar-refractivity contribution in [2.45, 2.75) is 76.5 Å². The topological polar surface area (TPSA) is 166 Å². The fourth-order valence-corrected chi connectivity index (χ4v) is 5.11. The minimum Gasteiger partial charge on any atom is -0.410 e. The lowest BCUT2D eigenvalue weighted by Crippen LogP contribution is -2.43. The van der Waals surface area contributed by atoms with Gasteiger partial charge in [-0.2, -0.15) is 9.97 Å². The molecular weight excluding hydrogens is 502 g/mol. The minimum atomic E-state index is -0.493. The van der Waals surface area contributed by atoms with Gasteiger partial charge in [-0.3, -0.25) is 10.1 Å². The molecule has 0 atom stereocenters. The zero-order valence-corrected chi connectivity index (χ0v) is 22.2. The molecule has 2 aromatic heterocycles. The number of imidazole rings is 1. The van der Waals surface area contributed by atoms with Crippen molar-refractivity contribution in [1.29, 1.82) is 0 Å². The third-order valence-electron chi connectivity index (χ3n) is 7.43. The number of piperidine rings is 1. The third-order valence-corrected chi connectivity index (χ3v) is 7.43. The number of nitrogens with one attached hydrogen (secondary N) is 2. The highest BCUT2D eigenvalue weighted by atomic mass is 16.6. The molecule has 0 radical (unpaired) electrons. The summed E-state index contributed by atoms with van der Waals surface area (Å²) < 4.78 is 7.46. The highest BCUT2D eigenvalue weighted by molar-refractivity contribution is 5.84. The van der Waals surface area contributed by atoms with E-state index in [-0.39, 0.29) is 35.6 Å². The lowest BCUT2D eigenvalue weighted by molar-refractivity contribution is -0.384. The maximum absolute atomic E-state index is 12.6. The van der Waals surface area contributed by atoms with Crippen LogP contribution in [0.25, 0.3) is 11.2 Å². The zero-order valence-electron chi connectivity index (χ0n) is 22.2. The highest BCUT2D eigenvalue weighted by Gasteiger charge is 2.27. The first-order chi connectivity index (χ1) is 18.8. The number of carbonyl (C=O) groups is 1. The second-order valence-electron chi connectivity index (χ2n) is 10.6. The van der Waals surface area contributed by atoms with Crippen LogP contribution in [0.4, 0.5) is 22.2 Å². The molecule has 39 heavy (non-hydrogen) atoms. The van der Waals surface area contributed by atoms with Crippen molar-refractivity contribution in [1.82, 2.24) is 24.4 Å². The second kappa shape index (κ2) is 11.4. The molecule has 13 nitrogen and oxygen atoms in total. The van der Waals surface area contributed by atoms with Crippen molar-refractivity contribution in [3.63, 3.8) is 0 Å². The number of hydrogen-bond acceptors (Lipinski definition) is 10. The van der Waals surface area contributed by atoms with E-state index in [1.54, 1.807) is 11.2 Å². The summed E-state index contributed by atoms with van der Waals surface area (Å²) in [6, 6.07) is 6.32. The number of nitro groups is 1. The van der Waals surface area contributed by atoms with E-state index in [0.29, 0.717) is 37.7 Å². The molecule has 1 aliphatic heterocycles. The van der Waals surface area contributed by atoms with Gasteiger partial charge in [-0.15, -0.1) is 0 Å². The molecule has 3 heterocycles. The number of ether oxygens (including phenoxy) is 1. The molecule has 0 unspecified atom stereocenters. The van der Waals surface area contributed by atoms with Gasteiger partial charge in [-0.1, -0.05) is 0 Å². The Morgan fingerprint density at radius 2 is 1.72 bits per heavy atom. The third kappa shape index (κ3) is 6.19. The van der Waals surface area contributed by atoms with E-state index in [0.717, 1.165) is 36.8 Å². The number of nitro benzene ring substituents is 1. The molecule has 208 valence electrons. The molecule has 4 N–H and O–H groups in total. The van der Waals surface area contributed by atoms with Gasteiger partial charge >= 0.3 is 6.09 Å². The molecule has 2 fully saturated rings. The monoisotopic (exact) mass is 537 g/mol. The summed E-state index contributed by atoms with van der Waals surface area (Å²) in [4.78, 5) is 38.9. The van der Waals surface area contributed by atoms with Crippen LogP contribution in [0.3, 0.4) is 0 Å². The first-order valence-corrected chi connectivity index (χ1v) is 13.5. The number of non-ortho nitro benzene ring substituents is 1. The minimum absolute atomic E-state index is 0.0555. The quantitative estimate of drug-likeness (QED) is 0.295. The molecule has 1 aromatic carbocycles. The Labute approximate surface area is 226 Å². The SMILES string of the molecule is CC(C)n1cnc2c(NC3CCN(C(=O)Oc4ccc([N+](=O)[O-])cc4)CC3)nc(NC3CCC(N)CC3)nc21. The second-order valence-corrected chi connectivity index (χ2v) is 10.6. The fraction of sp³-hybridized carbons (Fsp3) is 0.538. The van der Waals surface area contributed by atoms with Crippen LogP contribution >= 0.6 is 0 Å². The number of aromatic nitrogens is 4. The van der Waals surface area contributed by atoms with Gasteiger partial charge in [0.2, 0.25) is 5.95 Å². The Bertz CT molecular complexity index is 1310. The van der Waals surface area contributed by atoms with Gasteiger partial charge in [0.1, 0.15) is 5.75 Å². The number of benzene rings is 1. The number of likely N-dealkylation sites (tertiary alicyclic amines) is 1. The molecule has 0 spiro atoms. The lowest BCUT2D eigenvalue weighted by Gasteiger charge is -2.32. The number of amides is 1. The molecule has 1 saturated carbocycles. The van der Waals surface area contributed by atoms with E-state index in [4.69, 9.17) is 20.4 Å². The zero-order chi connectivity index (χ0) is 27.5. The first kappa shape index (κ1) is 26.6. The number of nitrogens with zero attached hydrogens (tertiary/aromatic N) is 6. The summed E-state index contributed by atoms with van der Waals surface area (Å²) in [6.45, 7) is 5.20. The number of anilines is 2. The Kier molecular flexibility index (Phi) is 7.77. The van der Waals surface area contributed by atoms with Crippen LogP contribution < -0.4 is 21.1 Å². The molecule has 3 aromatic rings. The van der Waals surface area contributed by atoms with Crippen LogP contribution in [0.15, 0.2) is 30.6 Å². The van der Waals surface area contributed by atoms with Gasteiger partial charge in [0.15, 0.2) is 17.0 Å². The van der Waals surface area contributed by atoms with Crippen LogP contribution in [-0.4, -0.2) is 66.7 Å². The smallest absolute Gasteiger partial charge is 0.410 e. The van der Waals surface area contributed by atoms with Crippen LogP contribution in [0, 0.1) is 10.1 Å². The normalized spacial score (nSPS) is 20.3. The van der Waals surface area contributed by atoms with Gasteiger partial charge in [-0.05, 0) is 64.5 Å². The number of hydrogen-bond donors (Lipinski definition) is 3. The van der Waals surface area contributed by atoms with Crippen molar-refractivity contribution < 1.29 is 14.5 Å².